The zero-order valence-corrected chi connectivity index (χ0v) is 11.0. The molecule has 0 saturated heterocycles. The molecule has 5 nitrogen and oxygen atoms in total. The molecule has 0 atom stereocenters. The normalized spacial score (nSPS) is 10.9. The first-order valence-corrected chi connectivity index (χ1v) is 5.91. The summed E-state index contributed by atoms with van der Waals surface area (Å²) in [5, 5.41) is 0.534. The number of aromatic nitrogens is 2. The largest absolute Gasteiger partial charge is 0.489 e. The van der Waals surface area contributed by atoms with Crippen LogP contribution in [-0.2, 0) is 0 Å². The highest BCUT2D eigenvalue weighted by molar-refractivity contribution is 6.32. The maximum absolute atomic E-state index is 6.15. The summed E-state index contributed by atoms with van der Waals surface area (Å²) in [6.07, 6.45) is 1.72. The number of hydrogen-bond acceptors (Lipinski definition) is 4. The van der Waals surface area contributed by atoms with Crippen molar-refractivity contribution in [2.24, 2.45) is 0 Å². The van der Waals surface area contributed by atoms with E-state index in [1.165, 1.54) is 4.68 Å². The first-order valence-electron chi connectivity index (χ1n) is 5.54. The molecule has 96 valence electrons. The Bertz CT molecular complexity index is 546. The topological polar surface area (TPSA) is 79.1 Å². The van der Waals surface area contributed by atoms with Gasteiger partial charge in [-0.3, -0.25) is 0 Å². The second-order valence-electron chi connectivity index (χ2n) is 4.20. The van der Waals surface area contributed by atoms with Gasteiger partial charge in [-0.2, -0.15) is 0 Å². The van der Waals surface area contributed by atoms with E-state index >= 15 is 0 Å². The molecule has 0 radical (unpaired) electrons. The number of rotatable bonds is 3. The van der Waals surface area contributed by atoms with Crippen LogP contribution in [0.2, 0.25) is 5.02 Å². The fourth-order valence-corrected chi connectivity index (χ4v) is 1.78. The van der Waals surface area contributed by atoms with Gasteiger partial charge in [-0.1, -0.05) is 11.6 Å². The van der Waals surface area contributed by atoms with Gasteiger partial charge in [0.25, 0.3) is 0 Å². The van der Waals surface area contributed by atoms with E-state index in [2.05, 4.69) is 4.98 Å². The van der Waals surface area contributed by atoms with Crippen LogP contribution in [0.15, 0.2) is 24.4 Å². The lowest BCUT2D eigenvalue weighted by atomic mass is 10.1. The number of nitrogen functional groups attached to an aromatic ring is 2. The number of nitrogens with zero attached hydrogens (tertiary/aromatic N) is 2. The van der Waals surface area contributed by atoms with E-state index in [9.17, 15) is 0 Å². The first kappa shape index (κ1) is 12.6. The molecule has 0 aliphatic rings. The number of imidazole rings is 1. The Kier molecular flexibility index (Phi) is 3.34. The summed E-state index contributed by atoms with van der Waals surface area (Å²) in [4.78, 5) is 4.13. The lowest BCUT2D eigenvalue weighted by Gasteiger charge is -2.11. The number of nitrogens with two attached hydrogens (primary N) is 2. The number of hydrogen-bond donors (Lipinski definition) is 2. The van der Waals surface area contributed by atoms with Gasteiger partial charge < -0.3 is 16.3 Å². The van der Waals surface area contributed by atoms with Gasteiger partial charge in [0.2, 0.25) is 5.95 Å². The fraction of sp³-hybridized carbons (Fsp3) is 0.250. The van der Waals surface area contributed by atoms with Crippen molar-refractivity contribution in [2.75, 3.05) is 11.6 Å². The predicted molar refractivity (Wildman–Crippen MR) is 73.0 cm³/mol. The van der Waals surface area contributed by atoms with Crippen LogP contribution in [0, 0.1) is 0 Å². The van der Waals surface area contributed by atoms with Crippen LogP contribution in [0.25, 0.3) is 11.3 Å². The molecular formula is C12H15ClN4O. The Morgan fingerprint density at radius 3 is 2.61 bits per heavy atom. The highest BCUT2D eigenvalue weighted by atomic mass is 35.5. The molecule has 2 aromatic rings. The average molecular weight is 267 g/mol. The molecule has 0 unspecified atom stereocenters. The van der Waals surface area contributed by atoms with Crippen molar-refractivity contribution in [3.05, 3.63) is 29.4 Å². The maximum Gasteiger partial charge on any atom is 0.219 e. The zero-order valence-electron chi connectivity index (χ0n) is 10.2. The van der Waals surface area contributed by atoms with Crippen molar-refractivity contribution < 1.29 is 4.74 Å². The van der Waals surface area contributed by atoms with Gasteiger partial charge in [-0.15, -0.1) is 0 Å². The second-order valence-corrected chi connectivity index (χ2v) is 4.61. The third-order valence-electron chi connectivity index (χ3n) is 2.35. The van der Waals surface area contributed by atoms with Crippen LogP contribution in [0.4, 0.5) is 5.95 Å². The molecule has 0 fully saturated rings. The van der Waals surface area contributed by atoms with Gasteiger partial charge in [0.05, 0.1) is 23.0 Å². The second kappa shape index (κ2) is 4.78. The average Bonchev–Trinajstić information content (AvgIpc) is 2.62. The van der Waals surface area contributed by atoms with E-state index in [1.807, 2.05) is 26.0 Å². The molecule has 0 amide bonds. The van der Waals surface area contributed by atoms with Gasteiger partial charge in [-0.25, -0.2) is 9.66 Å². The van der Waals surface area contributed by atoms with E-state index in [1.54, 1.807) is 12.3 Å². The molecule has 4 N–H and O–H groups in total. The van der Waals surface area contributed by atoms with Gasteiger partial charge in [0.15, 0.2) is 0 Å². The molecule has 0 spiro atoms. The smallest absolute Gasteiger partial charge is 0.219 e. The number of benzene rings is 1. The fourth-order valence-electron chi connectivity index (χ4n) is 1.56. The minimum Gasteiger partial charge on any atom is -0.489 e. The van der Waals surface area contributed by atoms with E-state index in [0.29, 0.717) is 16.5 Å². The minimum absolute atomic E-state index is 0.0762. The van der Waals surface area contributed by atoms with E-state index < -0.39 is 0 Å². The van der Waals surface area contributed by atoms with Crippen LogP contribution >= 0.6 is 11.6 Å². The standard InChI is InChI=1S/C12H15ClN4O/c1-7(2)18-11-4-3-8(5-9(11)13)10-6-17(15)12(14)16-10/h3-7H,15H2,1-2H3,(H2,14,16). The Morgan fingerprint density at radius 2 is 2.11 bits per heavy atom. The molecule has 0 aliphatic heterocycles. The molecule has 0 aliphatic carbocycles. The van der Waals surface area contributed by atoms with Crippen molar-refractivity contribution in [1.29, 1.82) is 0 Å². The quantitative estimate of drug-likeness (QED) is 0.836. The monoisotopic (exact) mass is 266 g/mol. The SMILES string of the molecule is CC(C)Oc1ccc(-c2cn(N)c(N)n2)cc1Cl. The third-order valence-corrected chi connectivity index (χ3v) is 2.65. The number of anilines is 1. The lowest BCUT2D eigenvalue weighted by molar-refractivity contribution is 0.242. The van der Waals surface area contributed by atoms with Crippen LogP contribution < -0.4 is 16.3 Å². The Balaban J connectivity index is 2.33. The summed E-state index contributed by atoms with van der Waals surface area (Å²) in [5.74, 6) is 6.49. The van der Waals surface area contributed by atoms with E-state index in [0.717, 1.165) is 5.56 Å². The highest BCUT2D eigenvalue weighted by Crippen LogP contribution is 2.30. The van der Waals surface area contributed by atoms with Crippen molar-refractivity contribution >= 4 is 17.5 Å². The van der Waals surface area contributed by atoms with Crippen LogP contribution in [0.5, 0.6) is 5.75 Å². The van der Waals surface area contributed by atoms with Crippen LogP contribution in [0.3, 0.4) is 0 Å². The van der Waals surface area contributed by atoms with Crippen molar-refractivity contribution in [2.45, 2.75) is 20.0 Å². The summed E-state index contributed by atoms with van der Waals surface area (Å²) in [5.41, 5.74) is 7.09. The third kappa shape index (κ3) is 2.51. The Labute approximate surface area is 110 Å². The molecule has 18 heavy (non-hydrogen) atoms. The summed E-state index contributed by atoms with van der Waals surface area (Å²) >= 11 is 6.15. The van der Waals surface area contributed by atoms with E-state index in [4.69, 9.17) is 27.9 Å². The van der Waals surface area contributed by atoms with Crippen LogP contribution in [0.1, 0.15) is 13.8 Å². The summed E-state index contributed by atoms with van der Waals surface area (Å²) < 4.78 is 6.82. The lowest BCUT2D eigenvalue weighted by Crippen LogP contribution is -2.09. The molecule has 6 heteroatoms. The highest BCUT2D eigenvalue weighted by Gasteiger charge is 2.09. The summed E-state index contributed by atoms with van der Waals surface area (Å²) in [6, 6.07) is 5.45. The molecule has 2 rings (SSSR count). The van der Waals surface area contributed by atoms with Crippen LogP contribution in [-0.4, -0.2) is 15.8 Å². The predicted octanol–water partition coefficient (Wildman–Crippen LogP) is 2.29. The summed E-state index contributed by atoms with van der Waals surface area (Å²) in [6.45, 7) is 3.89. The Hall–Kier alpha value is -1.88. The molecular weight excluding hydrogens is 252 g/mol. The molecule has 1 heterocycles. The molecule has 1 aromatic heterocycles. The Morgan fingerprint density at radius 1 is 1.39 bits per heavy atom. The first-order chi connectivity index (χ1) is 8.47. The van der Waals surface area contributed by atoms with Gasteiger partial charge >= 0.3 is 0 Å². The molecule has 0 bridgehead atoms. The van der Waals surface area contributed by atoms with Gasteiger partial charge in [0, 0.05) is 5.56 Å². The minimum atomic E-state index is 0.0762. The number of halogens is 1. The molecule has 1 aromatic carbocycles. The zero-order chi connectivity index (χ0) is 13.3. The van der Waals surface area contributed by atoms with Crippen molar-refractivity contribution in [3.8, 4) is 17.0 Å². The van der Waals surface area contributed by atoms with Gasteiger partial charge in [0.1, 0.15) is 5.75 Å². The van der Waals surface area contributed by atoms with Gasteiger partial charge in [-0.05, 0) is 32.0 Å². The number of ether oxygens (including phenoxy) is 1. The van der Waals surface area contributed by atoms with Crippen molar-refractivity contribution in [1.82, 2.24) is 9.66 Å². The maximum atomic E-state index is 6.15. The summed E-state index contributed by atoms with van der Waals surface area (Å²) in [7, 11) is 0. The van der Waals surface area contributed by atoms with E-state index in [-0.39, 0.29) is 12.1 Å². The van der Waals surface area contributed by atoms with Crippen molar-refractivity contribution in [3.63, 3.8) is 0 Å². The molecule has 0 saturated carbocycles.